The first-order chi connectivity index (χ1) is 13.2. The largest absolute Gasteiger partial charge is 0.341 e. The van der Waals surface area contributed by atoms with Crippen molar-refractivity contribution < 1.29 is 4.79 Å². The Morgan fingerprint density at radius 3 is 2.59 bits per heavy atom. The molecular formula is C23H23N3O. The van der Waals surface area contributed by atoms with Gasteiger partial charge in [-0.15, -0.1) is 0 Å². The van der Waals surface area contributed by atoms with E-state index in [1.54, 1.807) is 6.07 Å². The van der Waals surface area contributed by atoms with Gasteiger partial charge < -0.3 is 9.47 Å². The van der Waals surface area contributed by atoms with E-state index in [1.165, 1.54) is 5.56 Å². The lowest BCUT2D eigenvalue weighted by Gasteiger charge is -2.32. The fourth-order valence-electron chi connectivity index (χ4n) is 3.99. The summed E-state index contributed by atoms with van der Waals surface area (Å²) in [6, 6.07) is 20.3. The van der Waals surface area contributed by atoms with E-state index in [0.29, 0.717) is 18.0 Å². The van der Waals surface area contributed by atoms with E-state index in [1.807, 2.05) is 33.9 Å². The maximum Gasteiger partial charge on any atom is 0.242 e. The lowest BCUT2D eigenvalue weighted by atomic mass is 9.90. The van der Waals surface area contributed by atoms with E-state index < -0.39 is 0 Å². The molecule has 1 aromatic heterocycles. The van der Waals surface area contributed by atoms with Crippen LogP contribution in [0.4, 0.5) is 0 Å². The van der Waals surface area contributed by atoms with E-state index in [2.05, 4.69) is 36.4 Å². The molecule has 0 N–H and O–H groups in total. The number of benzene rings is 2. The van der Waals surface area contributed by atoms with Crippen LogP contribution < -0.4 is 0 Å². The summed E-state index contributed by atoms with van der Waals surface area (Å²) in [5.41, 5.74) is 3.03. The van der Waals surface area contributed by atoms with E-state index in [0.717, 1.165) is 43.3 Å². The monoisotopic (exact) mass is 357 g/mol. The van der Waals surface area contributed by atoms with Gasteiger partial charge in [-0.05, 0) is 55.0 Å². The highest BCUT2D eigenvalue weighted by atomic mass is 16.2. The van der Waals surface area contributed by atoms with Crippen LogP contribution in [0.3, 0.4) is 0 Å². The van der Waals surface area contributed by atoms with Crippen molar-refractivity contribution in [1.29, 1.82) is 5.26 Å². The van der Waals surface area contributed by atoms with Crippen LogP contribution in [0.25, 0.3) is 10.9 Å². The summed E-state index contributed by atoms with van der Waals surface area (Å²) in [6.07, 6.45) is 5.18. The van der Waals surface area contributed by atoms with Gasteiger partial charge in [0.1, 0.15) is 6.54 Å². The van der Waals surface area contributed by atoms with E-state index in [9.17, 15) is 4.79 Å². The third-order valence-corrected chi connectivity index (χ3v) is 5.54. The molecule has 1 aliphatic heterocycles. The van der Waals surface area contributed by atoms with Crippen LogP contribution in [-0.4, -0.2) is 28.5 Å². The van der Waals surface area contributed by atoms with Gasteiger partial charge in [-0.2, -0.15) is 5.26 Å². The van der Waals surface area contributed by atoms with E-state index in [4.69, 9.17) is 5.26 Å². The number of likely N-dealkylation sites (tertiary alicyclic amines) is 1. The summed E-state index contributed by atoms with van der Waals surface area (Å²) in [5, 5.41) is 10.0. The maximum absolute atomic E-state index is 12.7. The average molecular weight is 357 g/mol. The van der Waals surface area contributed by atoms with Gasteiger partial charge in [-0.3, -0.25) is 4.79 Å². The molecule has 1 aliphatic rings. The number of rotatable bonds is 4. The molecule has 0 aliphatic carbocycles. The normalized spacial score (nSPS) is 15.0. The average Bonchev–Trinajstić information content (AvgIpc) is 3.11. The van der Waals surface area contributed by atoms with Gasteiger partial charge in [0.15, 0.2) is 0 Å². The number of hydrogen-bond acceptors (Lipinski definition) is 2. The Morgan fingerprint density at radius 1 is 1.07 bits per heavy atom. The highest BCUT2D eigenvalue weighted by Gasteiger charge is 2.23. The minimum absolute atomic E-state index is 0.176. The van der Waals surface area contributed by atoms with Gasteiger partial charge in [0.2, 0.25) is 5.91 Å². The Hall–Kier alpha value is -3.06. The van der Waals surface area contributed by atoms with Crippen LogP contribution in [0.2, 0.25) is 0 Å². The minimum Gasteiger partial charge on any atom is -0.341 e. The number of aromatic nitrogens is 1. The van der Waals surface area contributed by atoms with Crippen molar-refractivity contribution in [3.8, 4) is 6.07 Å². The molecule has 0 bridgehead atoms. The Morgan fingerprint density at radius 2 is 1.85 bits per heavy atom. The molecule has 0 atom stereocenters. The van der Waals surface area contributed by atoms with Crippen LogP contribution in [0, 0.1) is 17.2 Å². The van der Waals surface area contributed by atoms with Crippen LogP contribution in [-0.2, 0) is 17.8 Å². The summed E-state index contributed by atoms with van der Waals surface area (Å²) in [4.78, 5) is 14.7. The molecule has 0 radical (unpaired) electrons. The Kier molecular flexibility index (Phi) is 4.93. The number of nitrogens with zero attached hydrogens (tertiary/aromatic N) is 3. The van der Waals surface area contributed by atoms with Crippen molar-refractivity contribution in [1.82, 2.24) is 9.47 Å². The van der Waals surface area contributed by atoms with Crippen molar-refractivity contribution in [3.63, 3.8) is 0 Å². The number of hydrogen-bond donors (Lipinski definition) is 0. The van der Waals surface area contributed by atoms with Gasteiger partial charge >= 0.3 is 0 Å². The Labute approximate surface area is 159 Å². The first kappa shape index (κ1) is 17.4. The molecule has 0 spiro atoms. The van der Waals surface area contributed by atoms with Gasteiger partial charge in [0, 0.05) is 30.2 Å². The third kappa shape index (κ3) is 3.88. The van der Waals surface area contributed by atoms with Crippen LogP contribution in [0.1, 0.15) is 24.0 Å². The molecule has 0 saturated carbocycles. The number of amides is 1. The molecule has 0 unspecified atom stereocenters. The zero-order valence-electron chi connectivity index (χ0n) is 15.3. The van der Waals surface area contributed by atoms with Crippen LogP contribution in [0.5, 0.6) is 0 Å². The van der Waals surface area contributed by atoms with Crippen molar-refractivity contribution in [2.75, 3.05) is 13.1 Å². The number of carbonyl (C=O) groups is 1. The second-order valence-corrected chi connectivity index (χ2v) is 7.34. The van der Waals surface area contributed by atoms with Gasteiger partial charge in [-0.1, -0.05) is 30.3 Å². The molecule has 27 heavy (non-hydrogen) atoms. The first-order valence-corrected chi connectivity index (χ1v) is 9.53. The molecule has 3 aromatic rings. The Balaban J connectivity index is 1.35. The molecule has 2 heterocycles. The van der Waals surface area contributed by atoms with Gasteiger partial charge in [0.25, 0.3) is 0 Å². The van der Waals surface area contributed by atoms with Crippen molar-refractivity contribution in [2.24, 2.45) is 5.92 Å². The highest BCUT2D eigenvalue weighted by Crippen LogP contribution is 2.23. The molecule has 1 fully saturated rings. The molecule has 4 nitrogen and oxygen atoms in total. The predicted molar refractivity (Wildman–Crippen MR) is 106 cm³/mol. The van der Waals surface area contributed by atoms with Crippen LogP contribution >= 0.6 is 0 Å². The first-order valence-electron chi connectivity index (χ1n) is 9.53. The standard InChI is InChI=1S/C23H23N3O/c24-16-20-6-7-22-21(15-20)10-13-26(22)17-23(27)25-11-8-19(9-12-25)14-18-4-2-1-3-5-18/h1-7,10,13,15,19H,8-9,11-12,14,17H2. The van der Waals surface area contributed by atoms with E-state index in [-0.39, 0.29) is 5.91 Å². The number of nitriles is 1. The summed E-state index contributed by atoms with van der Waals surface area (Å²) in [5.74, 6) is 0.836. The smallest absolute Gasteiger partial charge is 0.242 e. The third-order valence-electron chi connectivity index (χ3n) is 5.54. The zero-order chi connectivity index (χ0) is 18.6. The second-order valence-electron chi connectivity index (χ2n) is 7.34. The van der Waals surface area contributed by atoms with Gasteiger partial charge in [-0.25, -0.2) is 0 Å². The summed E-state index contributed by atoms with van der Waals surface area (Å²) in [7, 11) is 0. The molecule has 136 valence electrons. The fraction of sp³-hybridized carbons (Fsp3) is 0.304. The Bertz CT molecular complexity index is 976. The zero-order valence-corrected chi connectivity index (χ0v) is 15.3. The molecular weight excluding hydrogens is 334 g/mol. The lowest BCUT2D eigenvalue weighted by molar-refractivity contribution is -0.133. The van der Waals surface area contributed by atoms with Gasteiger partial charge in [0.05, 0.1) is 11.6 Å². The van der Waals surface area contributed by atoms with Crippen LogP contribution in [0.15, 0.2) is 60.8 Å². The molecule has 4 rings (SSSR count). The lowest BCUT2D eigenvalue weighted by Crippen LogP contribution is -2.40. The number of piperidine rings is 1. The minimum atomic E-state index is 0.176. The molecule has 1 amide bonds. The molecule has 4 heteroatoms. The fourth-order valence-corrected chi connectivity index (χ4v) is 3.99. The molecule has 2 aromatic carbocycles. The quantitative estimate of drug-likeness (QED) is 0.709. The van der Waals surface area contributed by atoms with E-state index >= 15 is 0 Å². The predicted octanol–water partition coefficient (Wildman–Crippen LogP) is 3.99. The number of carbonyl (C=O) groups excluding carboxylic acids is 1. The van der Waals surface area contributed by atoms with Crippen molar-refractivity contribution >= 4 is 16.8 Å². The highest BCUT2D eigenvalue weighted by molar-refractivity contribution is 5.84. The SMILES string of the molecule is N#Cc1ccc2c(ccn2CC(=O)N2CCC(Cc3ccccc3)CC2)c1. The maximum atomic E-state index is 12.7. The van der Waals surface area contributed by atoms with Crippen molar-refractivity contribution in [2.45, 2.75) is 25.8 Å². The summed E-state index contributed by atoms with van der Waals surface area (Å²) in [6.45, 7) is 2.04. The molecule has 1 saturated heterocycles. The second kappa shape index (κ2) is 7.67. The topological polar surface area (TPSA) is 49.0 Å². The number of fused-ring (bicyclic) bond motifs is 1. The van der Waals surface area contributed by atoms with Crippen molar-refractivity contribution in [3.05, 3.63) is 71.9 Å². The summed E-state index contributed by atoms with van der Waals surface area (Å²) < 4.78 is 1.98. The summed E-state index contributed by atoms with van der Waals surface area (Å²) >= 11 is 0.